The number of para-hydroxylation sites is 1. The number of hydrogen-bond donors (Lipinski definition) is 1. The van der Waals surface area contributed by atoms with Crippen molar-refractivity contribution in [3.8, 4) is 5.75 Å². The van der Waals surface area contributed by atoms with Gasteiger partial charge >= 0.3 is 0 Å². The first-order valence-corrected chi connectivity index (χ1v) is 7.57. The molecule has 1 aromatic heterocycles. The van der Waals surface area contributed by atoms with Gasteiger partial charge in [-0.15, -0.1) is 0 Å². The van der Waals surface area contributed by atoms with Gasteiger partial charge in [0, 0.05) is 30.8 Å². The molecule has 21 heavy (non-hydrogen) atoms. The van der Waals surface area contributed by atoms with Gasteiger partial charge in [0.1, 0.15) is 5.75 Å². The molecule has 4 nitrogen and oxygen atoms in total. The van der Waals surface area contributed by atoms with Crippen LogP contribution in [0.15, 0.2) is 30.3 Å². The summed E-state index contributed by atoms with van der Waals surface area (Å²) in [5.74, 6) is 0.932. The summed E-state index contributed by atoms with van der Waals surface area (Å²) in [4.78, 5) is 0. The van der Waals surface area contributed by atoms with Gasteiger partial charge in [-0.3, -0.25) is 4.68 Å². The summed E-state index contributed by atoms with van der Waals surface area (Å²) in [6, 6.07) is 10.6. The molecule has 0 aliphatic rings. The molecule has 0 amide bonds. The van der Waals surface area contributed by atoms with Crippen molar-refractivity contribution in [1.29, 1.82) is 0 Å². The SMILES string of the molecule is CCNC(Cc1cc(CC)nn1C)c1ccccc1OC. The third-order valence-electron chi connectivity index (χ3n) is 3.77. The quantitative estimate of drug-likeness (QED) is 0.851. The molecule has 1 atom stereocenters. The van der Waals surface area contributed by atoms with Crippen molar-refractivity contribution in [3.63, 3.8) is 0 Å². The van der Waals surface area contributed by atoms with Crippen LogP contribution in [0, 0.1) is 0 Å². The number of nitrogens with one attached hydrogen (secondary N) is 1. The lowest BCUT2D eigenvalue weighted by atomic mass is 10.0. The molecular weight excluding hydrogens is 262 g/mol. The summed E-state index contributed by atoms with van der Waals surface area (Å²) in [6.45, 7) is 5.18. The minimum absolute atomic E-state index is 0.228. The molecule has 0 saturated heterocycles. The van der Waals surface area contributed by atoms with Crippen LogP contribution in [0.4, 0.5) is 0 Å². The van der Waals surface area contributed by atoms with E-state index in [1.165, 1.54) is 11.3 Å². The molecule has 0 saturated carbocycles. The zero-order valence-corrected chi connectivity index (χ0v) is 13.4. The van der Waals surface area contributed by atoms with E-state index in [1.807, 2.05) is 23.9 Å². The summed E-state index contributed by atoms with van der Waals surface area (Å²) in [5, 5.41) is 8.09. The van der Waals surface area contributed by atoms with Crippen LogP contribution in [0.1, 0.15) is 36.8 Å². The lowest BCUT2D eigenvalue weighted by Crippen LogP contribution is -2.24. The Balaban J connectivity index is 2.28. The molecule has 0 aliphatic carbocycles. The maximum absolute atomic E-state index is 5.50. The first-order chi connectivity index (χ1) is 10.2. The minimum atomic E-state index is 0.228. The molecule has 2 rings (SSSR count). The predicted molar refractivity (Wildman–Crippen MR) is 85.7 cm³/mol. The molecule has 2 aromatic rings. The fraction of sp³-hybridized carbons (Fsp3) is 0.471. The van der Waals surface area contributed by atoms with Crippen LogP contribution in [0.5, 0.6) is 5.75 Å². The highest BCUT2D eigenvalue weighted by Crippen LogP contribution is 2.27. The molecule has 0 radical (unpaired) electrons. The van der Waals surface area contributed by atoms with Gasteiger partial charge in [0.25, 0.3) is 0 Å². The number of aryl methyl sites for hydroxylation is 2. The zero-order chi connectivity index (χ0) is 15.2. The van der Waals surface area contributed by atoms with Crippen LogP contribution in [0.3, 0.4) is 0 Å². The van der Waals surface area contributed by atoms with E-state index in [2.05, 4.69) is 42.5 Å². The molecule has 114 valence electrons. The van der Waals surface area contributed by atoms with Gasteiger partial charge in [0.15, 0.2) is 0 Å². The number of hydrogen-bond acceptors (Lipinski definition) is 3. The summed E-state index contributed by atoms with van der Waals surface area (Å²) < 4.78 is 7.49. The molecule has 0 bridgehead atoms. The van der Waals surface area contributed by atoms with Gasteiger partial charge in [-0.2, -0.15) is 5.10 Å². The second-order valence-electron chi connectivity index (χ2n) is 5.16. The Morgan fingerprint density at radius 3 is 2.67 bits per heavy atom. The Kier molecular flexibility index (Phi) is 5.39. The van der Waals surface area contributed by atoms with Gasteiger partial charge in [0.2, 0.25) is 0 Å². The number of nitrogens with zero attached hydrogens (tertiary/aromatic N) is 2. The first-order valence-electron chi connectivity index (χ1n) is 7.57. The topological polar surface area (TPSA) is 39.1 Å². The van der Waals surface area contributed by atoms with Gasteiger partial charge < -0.3 is 10.1 Å². The molecular formula is C17H25N3O. The van der Waals surface area contributed by atoms with Crippen LogP contribution < -0.4 is 10.1 Å². The molecule has 1 heterocycles. The van der Waals surface area contributed by atoms with E-state index in [0.717, 1.165) is 30.8 Å². The van der Waals surface area contributed by atoms with Gasteiger partial charge in [0.05, 0.1) is 12.8 Å². The highest BCUT2D eigenvalue weighted by Gasteiger charge is 2.17. The van der Waals surface area contributed by atoms with E-state index >= 15 is 0 Å². The predicted octanol–water partition coefficient (Wildman–Crippen LogP) is 2.88. The number of ether oxygens (including phenoxy) is 1. The summed E-state index contributed by atoms with van der Waals surface area (Å²) in [5.41, 5.74) is 3.58. The maximum atomic E-state index is 5.50. The lowest BCUT2D eigenvalue weighted by Gasteiger charge is -2.20. The fourth-order valence-corrected chi connectivity index (χ4v) is 2.64. The Labute approximate surface area is 127 Å². The molecule has 0 aliphatic heterocycles. The van der Waals surface area contributed by atoms with Gasteiger partial charge in [-0.25, -0.2) is 0 Å². The molecule has 0 spiro atoms. The van der Waals surface area contributed by atoms with Gasteiger partial charge in [-0.05, 0) is 25.1 Å². The second-order valence-corrected chi connectivity index (χ2v) is 5.16. The zero-order valence-electron chi connectivity index (χ0n) is 13.4. The van der Waals surface area contributed by atoms with Crippen LogP contribution in [-0.4, -0.2) is 23.4 Å². The van der Waals surface area contributed by atoms with Crippen molar-refractivity contribution in [2.24, 2.45) is 7.05 Å². The lowest BCUT2D eigenvalue weighted by molar-refractivity contribution is 0.398. The van der Waals surface area contributed by atoms with Crippen LogP contribution >= 0.6 is 0 Å². The third-order valence-corrected chi connectivity index (χ3v) is 3.77. The number of likely N-dealkylation sites (N-methyl/N-ethyl adjacent to an activating group) is 1. The molecule has 1 N–H and O–H groups in total. The standard InChI is InChI=1S/C17H25N3O/c1-5-13-11-14(20(3)19-13)12-16(18-6-2)15-9-7-8-10-17(15)21-4/h7-11,16,18H,5-6,12H2,1-4H3. The van der Waals surface area contributed by atoms with Crippen molar-refractivity contribution in [3.05, 3.63) is 47.3 Å². The minimum Gasteiger partial charge on any atom is -0.496 e. The van der Waals surface area contributed by atoms with E-state index in [1.54, 1.807) is 7.11 Å². The summed E-state index contributed by atoms with van der Waals surface area (Å²) in [7, 11) is 3.74. The van der Waals surface area contributed by atoms with Crippen LogP contribution in [-0.2, 0) is 19.9 Å². The Bertz CT molecular complexity index is 577. The van der Waals surface area contributed by atoms with Crippen LogP contribution in [0.2, 0.25) is 0 Å². The number of aromatic nitrogens is 2. The Hall–Kier alpha value is -1.81. The van der Waals surface area contributed by atoms with Crippen LogP contribution in [0.25, 0.3) is 0 Å². The smallest absolute Gasteiger partial charge is 0.123 e. The maximum Gasteiger partial charge on any atom is 0.123 e. The first kappa shape index (κ1) is 15.6. The van der Waals surface area contributed by atoms with Crippen molar-refractivity contribution < 1.29 is 4.74 Å². The average molecular weight is 287 g/mol. The van der Waals surface area contributed by atoms with E-state index in [0.29, 0.717) is 0 Å². The monoisotopic (exact) mass is 287 g/mol. The van der Waals surface area contributed by atoms with Gasteiger partial charge in [-0.1, -0.05) is 32.0 Å². The normalized spacial score (nSPS) is 12.4. The van der Waals surface area contributed by atoms with E-state index in [9.17, 15) is 0 Å². The second kappa shape index (κ2) is 7.27. The van der Waals surface area contributed by atoms with E-state index in [-0.39, 0.29) is 6.04 Å². The molecule has 0 fully saturated rings. The number of rotatable bonds is 7. The van der Waals surface area contributed by atoms with E-state index < -0.39 is 0 Å². The number of benzene rings is 1. The number of methoxy groups -OCH3 is 1. The Morgan fingerprint density at radius 1 is 1.29 bits per heavy atom. The third kappa shape index (κ3) is 3.64. The van der Waals surface area contributed by atoms with Crippen molar-refractivity contribution in [2.45, 2.75) is 32.7 Å². The van der Waals surface area contributed by atoms with Crippen molar-refractivity contribution in [1.82, 2.24) is 15.1 Å². The highest BCUT2D eigenvalue weighted by molar-refractivity contribution is 5.36. The Morgan fingerprint density at radius 2 is 2.05 bits per heavy atom. The molecule has 1 unspecified atom stereocenters. The highest BCUT2D eigenvalue weighted by atomic mass is 16.5. The van der Waals surface area contributed by atoms with Crippen molar-refractivity contribution >= 4 is 0 Å². The average Bonchev–Trinajstić information content (AvgIpc) is 2.87. The molecule has 1 aromatic carbocycles. The van der Waals surface area contributed by atoms with E-state index in [4.69, 9.17) is 4.74 Å². The summed E-state index contributed by atoms with van der Waals surface area (Å²) >= 11 is 0. The fourth-order valence-electron chi connectivity index (χ4n) is 2.64. The summed E-state index contributed by atoms with van der Waals surface area (Å²) in [6.07, 6.45) is 1.87. The largest absolute Gasteiger partial charge is 0.496 e. The molecule has 4 heteroatoms. The van der Waals surface area contributed by atoms with Crippen molar-refractivity contribution in [2.75, 3.05) is 13.7 Å².